The van der Waals surface area contributed by atoms with Gasteiger partial charge in [0.1, 0.15) is 17.4 Å². The first-order chi connectivity index (χ1) is 10.6. The fourth-order valence-corrected chi connectivity index (χ4v) is 1.64. The Bertz CT molecular complexity index is 739. The van der Waals surface area contributed by atoms with Gasteiger partial charge in [-0.2, -0.15) is 15.5 Å². The van der Waals surface area contributed by atoms with Crippen molar-refractivity contribution in [2.24, 2.45) is 10.2 Å². The van der Waals surface area contributed by atoms with Gasteiger partial charge in [0.2, 0.25) is 0 Å². The molecule has 2 aromatic carbocycles. The highest BCUT2D eigenvalue weighted by atomic mass is 19.1. The topological polar surface area (TPSA) is 57.7 Å². The lowest BCUT2D eigenvalue weighted by Gasteiger charge is -2.02. The Morgan fingerprint density at radius 2 is 1.64 bits per heavy atom. The van der Waals surface area contributed by atoms with Crippen LogP contribution in [0.15, 0.2) is 46.6 Å². The van der Waals surface area contributed by atoms with Crippen molar-refractivity contribution in [3.63, 3.8) is 0 Å². The van der Waals surface area contributed by atoms with Crippen molar-refractivity contribution in [2.45, 2.75) is 0 Å². The third-order valence-corrected chi connectivity index (χ3v) is 2.79. The predicted molar refractivity (Wildman–Crippen MR) is 79.3 cm³/mol. The van der Waals surface area contributed by atoms with E-state index >= 15 is 0 Å². The molecule has 0 bridgehead atoms. The number of ether oxygens (including phenoxy) is 1. The zero-order chi connectivity index (χ0) is 15.9. The minimum Gasteiger partial charge on any atom is -0.497 e. The lowest BCUT2D eigenvalue weighted by Crippen LogP contribution is -1.96. The summed E-state index contributed by atoms with van der Waals surface area (Å²) in [4.78, 5) is 0. The average Bonchev–Trinajstić information content (AvgIpc) is 2.53. The van der Waals surface area contributed by atoms with Gasteiger partial charge < -0.3 is 4.74 Å². The molecule has 2 rings (SSSR count). The average molecular weight is 299 g/mol. The summed E-state index contributed by atoms with van der Waals surface area (Å²) in [6.07, 6.45) is 2.40. The molecule has 0 spiro atoms. The van der Waals surface area contributed by atoms with Crippen LogP contribution >= 0.6 is 0 Å². The van der Waals surface area contributed by atoms with Crippen LogP contribution in [-0.2, 0) is 0 Å². The lowest BCUT2D eigenvalue weighted by molar-refractivity contribution is 0.406. The number of nitriles is 1. The fraction of sp³-hybridized carbons (Fsp3) is 0.0625. The monoisotopic (exact) mass is 299 g/mol. The molecule has 0 aliphatic rings. The van der Waals surface area contributed by atoms with Crippen molar-refractivity contribution in [1.29, 1.82) is 5.26 Å². The second-order valence-corrected chi connectivity index (χ2v) is 4.23. The Balaban J connectivity index is 2.12. The molecule has 0 radical (unpaired) electrons. The highest BCUT2D eigenvalue weighted by Gasteiger charge is 2.09. The Morgan fingerprint density at radius 1 is 1.05 bits per heavy atom. The first kappa shape index (κ1) is 15.3. The van der Waals surface area contributed by atoms with Gasteiger partial charge in [0.05, 0.1) is 36.7 Å². The normalized spacial score (nSPS) is 11.0. The minimum atomic E-state index is -0.783. The summed E-state index contributed by atoms with van der Waals surface area (Å²) >= 11 is 0. The third kappa shape index (κ3) is 3.73. The molecule has 22 heavy (non-hydrogen) atoms. The van der Waals surface area contributed by atoms with Crippen molar-refractivity contribution < 1.29 is 13.5 Å². The standard InChI is InChI=1S/C16H11F2N3O/c1-22-13-6-15(17)14(16(18)7-13)10-21-20-9-12-4-2-11(8-19)3-5-12/h2-7,9-10H,1H3. The summed E-state index contributed by atoms with van der Waals surface area (Å²) in [7, 11) is 1.32. The molecule has 0 unspecified atom stereocenters. The maximum Gasteiger partial charge on any atom is 0.138 e. The van der Waals surface area contributed by atoms with E-state index < -0.39 is 11.6 Å². The third-order valence-electron chi connectivity index (χ3n) is 2.79. The molecular formula is C16H11F2N3O. The first-order valence-corrected chi connectivity index (χ1v) is 6.23. The van der Waals surface area contributed by atoms with Gasteiger partial charge >= 0.3 is 0 Å². The van der Waals surface area contributed by atoms with Gasteiger partial charge in [0.15, 0.2) is 0 Å². The molecule has 0 aliphatic heterocycles. The van der Waals surface area contributed by atoms with Crippen LogP contribution < -0.4 is 4.74 Å². The Morgan fingerprint density at radius 3 is 2.18 bits per heavy atom. The molecule has 0 aromatic heterocycles. The van der Waals surface area contributed by atoms with Crippen LogP contribution in [-0.4, -0.2) is 19.5 Å². The fourth-order valence-electron chi connectivity index (χ4n) is 1.64. The molecule has 0 atom stereocenters. The van der Waals surface area contributed by atoms with E-state index in [1.807, 2.05) is 6.07 Å². The molecule has 4 nitrogen and oxygen atoms in total. The van der Waals surface area contributed by atoms with Crippen LogP contribution in [0.1, 0.15) is 16.7 Å². The van der Waals surface area contributed by atoms with Crippen LogP contribution in [0.4, 0.5) is 8.78 Å². The molecule has 0 fully saturated rings. The van der Waals surface area contributed by atoms with E-state index in [9.17, 15) is 8.78 Å². The second-order valence-electron chi connectivity index (χ2n) is 4.23. The van der Waals surface area contributed by atoms with Crippen molar-refractivity contribution in [1.82, 2.24) is 0 Å². The highest BCUT2D eigenvalue weighted by molar-refractivity contribution is 5.83. The van der Waals surface area contributed by atoms with Gasteiger partial charge in [-0.15, -0.1) is 0 Å². The number of hydrogen-bond acceptors (Lipinski definition) is 4. The number of hydrogen-bond donors (Lipinski definition) is 0. The Kier molecular flexibility index (Phi) is 4.94. The zero-order valence-corrected chi connectivity index (χ0v) is 11.6. The molecule has 110 valence electrons. The van der Waals surface area contributed by atoms with Crippen molar-refractivity contribution in [3.8, 4) is 11.8 Å². The summed E-state index contributed by atoms with van der Waals surface area (Å²) < 4.78 is 32.0. The molecule has 0 saturated heterocycles. The van der Waals surface area contributed by atoms with E-state index in [2.05, 4.69) is 10.2 Å². The van der Waals surface area contributed by atoms with Crippen molar-refractivity contribution >= 4 is 12.4 Å². The van der Waals surface area contributed by atoms with Crippen LogP contribution in [0.25, 0.3) is 0 Å². The molecule has 6 heteroatoms. The molecule has 0 aliphatic carbocycles. The first-order valence-electron chi connectivity index (χ1n) is 6.23. The van der Waals surface area contributed by atoms with Crippen molar-refractivity contribution in [2.75, 3.05) is 7.11 Å². The summed E-state index contributed by atoms with van der Waals surface area (Å²) in [5.41, 5.74) is 0.952. The molecule has 0 saturated carbocycles. The molecule has 0 heterocycles. The number of methoxy groups -OCH3 is 1. The number of halogens is 2. The maximum atomic E-state index is 13.6. The quantitative estimate of drug-likeness (QED) is 0.642. The van der Waals surface area contributed by atoms with Gasteiger partial charge in [-0.05, 0) is 17.7 Å². The SMILES string of the molecule is COc1cc(F)c(C=NN=Cc2ccc(C#N)cc2)c(F)c1. The van der Waals surface area contributed by atoms with Gasteiger partial charge in [-0.1, -0.05) is 12.1 Å². The van der Waals surface area contributed by atoms with E-state index in [-0.39, 0.29) is 11.3 Å². The summed E-state index contributed by atoms with van der Waals surface area (Å²) in [5.74, 6) is -1.48. The van der Waals surface area contributed by atoms with Gasteiger partial charge in [-0.3, -0.25) is 0 Å². The Labute approximate surface area is 126 Å². The predicted octanol–water partition coefficient (Wildman–Crippen LogP) is 3.30. The van der Waals surface area contributed by atoms with Gasteiger partial charge in [0, 0.05) is 12.1 Å². The zero-order valence-electron chi connectivity index (χ0n) is 11.6. The van der Waals surface area contributed by atoms with Crippen LogP contribution in [0.3, 0.4) is 0 Å². The molecule has 2 aromatic rings. The highest BCUT2D eigenvalue weighted by Crippen LogP contribution is 2.19. The van der Waals surface area contributed by atoms with E-state index in [1.54, 1.807) is 24.3 Å². The lowest BCUT2D eigenvalue weighted by atomic mass is 10.2. The van der Waals surface area contributed by atoms with E-state index in [1.165, 1.54) is 13.3 Å². The molecule has 0 amide bonds. The summed E-state index contributed by atoms with van der Waals surface area (Å²) in [6, 6.07) is 10.8. The summed E-state index contributed by atoms with van der Waals surface area (Å²) in [6.45, 7) is 0. The number of rotatable bonds is 4. The van der Waals surface area contributed by atoms with Crippen molar-refractivity contribution in [3.05, 3.63) is 64.7 Å². The van der Waals surface area contributed by atoms with E-state index in [0.29, 0.717) is 11.1 Å². The Hall–Kier alpha value is -3.07. The molecule has 0 N–H and O–H groups in total. The second kappa shape index (κ2) is 7.09. The van der Waals surface area contributed by atoms with E-state index in [4.69, 9.17) is 10.00 Å². The maximum absolute atomic E-state index is 13.6. The van der Waals surface area contributed by atoms with Gasteiger partial charge in [0.25, 0.3) is 0 Å². The van der Waals surface area contributed by atoms with Crippen LogP contribution in [0.5, 0.6) is 5.75 Å². The van der Waals surface area contributed by atoms with Crippen LogP contribution in [0, 0.1) is 23.0 Å². The van der Waals surface area contributed by atoms with Gasteiger partial charge in [-0.25, -0.2) is 8.78 Å². The largest absolute Gasteiger partial charge is 0.497 e. The van der Waals surface area contributed by atoms with E-state index in [0.717, 1.165) is 18.3 Å². The molecular weight excluding hydrogens is 288 g/mol. The summed E-state index contributed by atoms with van der Waals surface area (Å²) in [5, 5.41) is 16.0. The number of nitrogens with zero attached hydrogens (tertiary/aromatic N) is 3. The smallest absolute Gasteiger partial charge is 0.138 e. The number of benzene rings is 2. The van der Waals surface area contributed by atoms with Crippen LogP contribution in [0.2, 0.25) is 0 Å². The minimum absolute atomic E-state index is 0.0910.